The zero-order valence-corrected chi connectivity index (χ0v) is 21.7. The van der Waals surface area contributed by atoms with Crippen molar-refractivity contribution in [3.8, 4) is 33.3 Å². The summed E-state index contributed by atoms with van der Waals surface area (Å²) in [4.78, 5) is 2.39. The molecule has 1 saturated carbocycles. The molecule has 0 bridgehead atoms. The van der Waals surface area contributed by atoms with Gasteiger partial charge in [0.2, 0.25) is 0 Å². The Bertz CT molecular complexity index is 1670. The first kappa shape index (κ1) is 21.5. The molecule has 1 fully saturated rings. The normalized spacial score (nSPS) is 16.1. The Labute approximate surface area is 217 Å². The van der Waals surface area contributed by atoms with Crippen LogP contribution in [0.3, 0.4) is 0 Å². The number of para-hydroxylation sites is 1. The van der Waals surface area contributed by atoms with Crippen molar-refractivity contribution in [2.75, 3.05) is 11.9 Å². The molecule has 172 valence electrons. The van der Waals surface area contributed by atoms with Crippen molar-refractivity contribution >= 4 is 31.5 Å². The van der Waals surface area contributed by atoms with E-state index in [-0.39, 0.29) is 25.5 Å². The fourth-order valence-corrected chi connectivity index (χ4v) is 9.67. The molecule has 3 aromatic carbocycles. The number of hydrogen-bond donors (Lipinski definition) is 0. The number of rotatable bonds is 1. The zero-order chi connectivity index (χ0) is 24.4. The van der Waals surface area contributed by atoms with Crippen LogP contribution in [-0.4, -0.2) is 21.6 Å². The topological polar surface area (TPSA) is 50.8 Å². The van der Waals surface area contributed by atoms with E-state index in [4.69, 9.17) is 0 Å². The average molecular weight is 529 g/mol. The maximum atomic E-state index is 9.74. The van der Waals surface area contributed by atoms with Crippen LogP contribution in [0.2, 0.25) is 0 Å². The van der Waals surface area contributed by atoms with Gasteiger partial charge in [0.25, 0.3) is 0 Å². The van der Waals surface area contributed by atoms with E-state index < -0.39 is 0 Å². The van der Waals surface area contributed by atoms with E-state index in [9.17, 15) is 10.5 Å². The molecule has 4 aromatic rings. The van der Waals surface area contributed by atoms with Gasteiger partial charge in [0.1, 0.15) is 0 Å². The van der Waals surface area contributed by atoms with Gasteiger partial charge in [0.15, 0.2) is 0 Å². The molecular formula is C32H23N3Se. The fourth-order valence-electron chi connectivity index (χ4n) is 6.64. The van der Waals surface area contributed by atoms with Gasteiger partial charge in [-0.15, -0.1) is 0 Å². The van der Waals surface area contributed by atoms with Gasteiger partial charge >= 0.3 is 218 Å². The van der Waals surface area contributed by atoms with Gasteiger partial charge in [0.05, 0.1) is 0 Å². The van der Waals surface area contributed by atoms with E-state index in [2.05, 4.69) is 78.7 Å². The van der Waals surface area contributed by atoms with Crippen LogP contribution in [0, 0.1) is 22.7 Å². The molecule has 0 N–H and O–H groups in total. The second-order valence-corrected chi connectivity index (χ2v) is 12.2. The number of hydrogen-bond acceptors (Lipinski definition) is 3. The monoisotopic (exact) mass is 529 g/mol. The predicted octanol–water partition coefficient (Wildman–Crippen LogP) is 7.18. The fraction of sp³-hybridized carbons (Fsp3) is 0.188. The van der Waals surface area contributed by atoms with Gasteiger partial charge < -0.3 is 0 Å². The quantitative estimate of drug-likeness (QED) is 0.171. The molecule has 0 unspecified atom stereocenters. The van der Waals surface area contributed by atoms with Crippen LogP contribution in [0.25, 0.3) is 26.7 Å². The van der Waals surface area contributed by atoms with Crippen molar-refractivity contribution in [2.24, 2.45) is 0 Å². The Kier molecular flexibility index (Phi) is 4.67. The summed E-state index contributed by atoms with van der Waals surface area (Å²) in [6.07, 6.45) is 5.05. The zero-order valence-electron chi connectivity index (χ0n) is 20.0. The van der Waals surface area contributed by atoms with Crippen LogP contribution in [0.15, 0.2) is 78.4 Å². The molecule has 3 nitrogen and oxygen atoms in total. The Morgan fingerprint density at radius 2 is 1.50 bits per heavy atom. The molecule has 0 saturated heterocycles. The van der Waals surface area contributed by atoms with Crippen LogP contribution in [-0.2, 0) is 5.41 Å². The summed E-state index contributed by atoms with van der Waals surface area (Å²) < 4.78 is 3.00. The summed E-state index contributed by atoms with van der Waals surface area (Å²) in [5.74, 6) is 0. The van der Waals surface area contributed by atoms with Crippen LogP contribution < -0.4 is 4.90 Å². The second-order valence-electron chi connectivity index (χ2n) is 9.97. The van der Waals surface area contributed by atoms with Gasteiger partial charge in [-0.1, -0.05) is 0 Å². The number of nitriles is 2. The van der Waals surface area contributed by atoms with Crippen molar-refractivity contribution in [1.29, 1.82) is 10.5 Å². The van der Waals surface area contributed by atoms with Crippen molar-refractivity contribution in [3.05, 3.63) is 99.5 Å². The van der Waals surface area contributed by atoms with Crippen molar-refractivity contribution in [1.82, 2.24) is 0 Å². The van der Waals surface area contributed by atoms with Crippen LogP contribution in [0.4, 0.5) is 11.4 Å². The van der Waals surface area contributed by atoms with Crippen LogP contribution >= 0.6 is 0 Å². The van der Waals surface area contributed by atoms with E-state index in [0.29, 0.717) is 0 Å². The summed E-state index contributed by atoms with van der Waals surface area (Å²) in [5.41, 5.74) is 10.7. The third-order valence-electron chi connectivity index (χ3n) is 8.28. The third kappa shape index (κ3) is 2.78. The molecular weight excluding hydrogens is 505 g/mol. The molecule has 1 aromatic heterocycles. The Hall–Kier alpha value is -3.82. The first-order valence-electron chi connectivity index (χ1n) is 12.4. The summed E-state index contributed by atoms with van der Waals surface area (Å²) in [5, 5.41) is 19.5. The predicted molar refractivity (Wildman–Crippen MR) is 145 cm³/mol. The van der Waals surface area contributed by atoms with Gasteiger partial charge in [-0.2, -0.15) is 0 Å². The van der Waals surface area contributed by atoms with E-state index in [1.165, 1.54) is 52.6 Å². The van der Waals surface area contributed by atoms with Crippen molar-refractivity contribution in [3.63, 3.8) is 0 Å². The standard InChI is InChI=1S/C32H23N3Se/c1-35-27-11-5-4-10-26(27)32(14-6-7-15-32)31-28(35)17-29(36-31)20-12-13-23-22-8-2-3-9-24(22)30(25(23)16-20)21(18-33)19-34/h2-5,8-13,16-17H,6-7,14-15H2,1H3. The Morgan fingerprint density at radius 1 is 0.806 bits per heavy atom. The molecule has 0 radical (unpaired) electrons. The molecule has 1 aliphatic heterocycles. The molecule has 2 heterocycles. The average Bonchev–Trinajstić information content (AvgIpc) is 3.66. The number of fused-ring (bicyclic) bond motifs is 7. The molecule has 0 amide bonds. The number of benzene rings is 3. The third-order valence-corrected chi connectivity index (χ3v) is 11.2. The van der Waals surface area contributed by atoms with E-state index in [1.807, 2.05) is 18.2 Å². The van der Waals surface area contributed by atoms with Crippen molar-refractivity contribution in [2.45, 2.75) is 31.1 Å². The molecule has 4 heteroatoms. The number of allylic oxidation sites excluding steroid dienone is 1. The minimum atomic E-state index is 0.170. The molecule has 2 aliphatic carbocycles. The van der Waals surface area contributed by atoms with Gasteiger partial charge in [0, 0.05) is 0 Å². The van der Waals surface area contributed by atoms with E-state index in [0.717, 1.165) is 27.8 Å². The summed E-state index contributed by atoms with van der Waals surface area (Å²) >= 11 is 0.221. The van der Waals surface area contributed by atoms with Crippen LogP contribution in [0.5, 0.6) is 0 Å². The molecule has 0 atom stereocenters. The molecule has 1 spiro atoms. The summed E-state index contributed by atoms with van der Waals surface area (Å²) in [7, 11) is 2.21. The van der Waals surface area contributed by atoms with Crippen LogP contribution in [0.1, 0.15) is 46.8 Å². The first-order valence-corrected chi connectivity index (χ1v) is 14.1. The molecule has 3 aliphatic rings. The Balaban J connectivity index is 1.42. The second kappa shape index (κ2) is 7.84. The summed E-state index contributed by atoms with van der Waals surface area (Å²) in [6.45, 7) is 0. The number of anilines is 2. The minimum absolute atomic E-state index is 0.170. The first-order chi connectivity index (χ1) is 17.7. The van der Waals surface area contributed by atoms with E-state index in [1.54, 1.807) is 4.44 Å². The molecule has 36 heavy (non-hydrogen) atoms. The van der Waals surface area contributed by atoms with Gasteiger partial charge in [-0.05, 0) is 0 Å². The van der Waals surface area contributed by atoms with E-state index >= 15 is 0 Å². The SMILES string of the molecule is CN1c2ccccc2C2(CCCC2)c2[se]c(-c3ccc4c(c3)C(=C(C#N)C#N)c3ccccc3-4)cc21. The number of nitrogens with zero attached hydrogens (tertiary/aromatic N) is 3. The maximum absolute atomic E-state index is 9.74. The summed E-state index contributed by atoms with van der Waals surface area (Å²) in [6, 6.07) is 30.4. The Morgan fingerprint density at radius 3 is 2.28 bits per heavy atom. The molecule has 7 rings (SSSR count). The van der Waals surface area contributed by atoms with Gasteiger partial charge in [-0.3, -0.25) is 0 Å². The van der Waals surface area contributed by atoms with Gasteiger partial charge in [-0.25, -0.2) is 0 Å². The van der Waals surface area contributed by atoms with Crippen molar-refractivity contribution < 1.29 is 0 Å².